The van der Waals surface area contributed by atoms with Gasteiger partial charge in [0.15, 0.2) is 0 Å². The van der Waals surface area contributed by atoms with Gasteiger partial charge < -0.3 is 10.1 Å². The van der Waals surface area contributed by atoms with Crippen LogP contribution in [0.1, 0.15) is 17.2 Å². The molecule has 90 valence electrons. The molecule has 0 aliphatic carbocycles. The maximum atomic E-state index is 5.41. The fraction of sp³-hybridized carbons (Fsp3) is 0.286. The van der Waals surface area contributed by atoms with Gasteiger partial charge >= 0.3 is 0 Å². The van der Waals surface area contributed by atoms with Crippen LogP contribution in [0.2, 0.25) is 0 Å². The fourth-order valence-corrected chi connectivity index (χ4v) is 2.65. The van der Waals surface area contributed by atoms with Crippen molar-refractivity contribution in [3.8, 4) is 5.75 Å². The molecule has 3 heteroatoms. The van der Waals surface area contributed by atoms with Crippen LogP contribution in [0.15, 0.2) is 41.1 Å². The van der Waals surface area contributed by atoms with Gasteiger partial charge in [0.1, 0.15) is 5.75 Å². The normalized spacial score (nSPS) is 12.4. The number of rotatable bonds is 5. The number of benzene rings is 1. The average Bonchev–Trinajstić information content (AvgIpc) is 2.89. The number of methoxy groups -OCH3 is 1. The second-order valence-electron chi connectivity index (χ2n) is 3.92. The Kier molecular flexibility index (Phi) is 4.18. The molecule has 1 heterocycles. The van der Waals surface area contributed by atoms with Crippen LogP contribution in [0.25, 0.3) is 0 Å². The summed E-state index contributed by atoms with van der Waals surface area (Å²) in [5.41, 5.74) is 2.57. The fourth-order valence-electron chi connectivity index (χ4n) is 1.97. The van der Waals surface area contributed by atoms with Crippen LogP contribution >= 0.6 is 11.3 Å². The minimum Gasteiger partial charge on any atom is -0.496 e. The van der Waals surface area contributed by atoms with E-state index in [-0.39, 0.29) is 0 Å². The minimum absolute atomic E-state index is 0.292. The van der Waals surface area contributed by atoms with E-state index < -0.39 is 0 Å². The standard InChI is InChI=1S/C14H17NOS/c1-15-13(9-11-7-8-17-10-11)12-5-3-4-6-14(12)16-2/h3-8,10,13,15H,9H2,1-2H3. The lowest BCUT2D eigenvalue weighted by atomic mass is 10.00. The molecule has 2 nitrogen and oxygen atoms in total. The molecule has 0 amide bonds. The first-order valence-electron chi connectivity index (χ1n) is 5.66. The van der Waals surface area contributed by atoms with Crippen LogP contribution in [0.4, 0.5) is 0 Å². The first kappa shape index (κ1) is 12.1. The zero-order valence-corrected chi connectivity index (χ0v) is 11.0. The molecule has 0 aliphatic rings. The average molecular weight is 247 g/mol. The number of para-hydroxylation sites is 1. The van der Waals surface area contributed by atoms with Gasteiger partial charge in [0, 0.05) is 11.6 Å². The largest absolute Gasteiger partial charge is 0.496 e. The first-order valence-corrected chi connectivity index (χ1v) is 6.60. The SMILES string of the molecule is CNC(Cc1ccsc1)c1ccccc1OC. The molecule has 1 N–H and O–H groups in total. The van der Waals surface area contributed by atoms with Crippen molar-refractivity contribution < 1.29 is 4.74 Å². The molecular weight excluding hydrogens is 230 g/mol. The topological polar surface area (TPSA) is 21.3 Å². The Bertz CT molecular complexity index is 453. The molecule has 1 atom stereocenters. The highest BCUT2D eigenvalue weighted by Crippen LogP contribution is 2.27. The maximum absolute atomic E-state index is 5.41. The van der Waals surface area contributed by atoms with E-state index >= 15 is 0 Å². The van der Waals surface area contributed by atoms with Gasteiger partial charge in [0.05, 0.1) is 7.11 Å². The van der Waals surface area contributed by atoms with Gasteiger partial charge in [0.25, 0.3) is 0 Å². The predicted molar refractivity (Wildman–Crippen MR) is 72.8 cm³/mol. The predicted octanol–water partition coefficient (Wildman–Crippen LogP) is 3.26. The molecule has 0 fully saturated rings. The summed E-state index contributed by atoms with van der Waals surface area (Å²) in [7, 11) is 3.71. The van der Waals surface area contributed by atoms with Crippen LogP contribution in [0, 0.1) is 0 Å². The van der Waals surface area contributed by atoms with Gasteiger partial charge in [-0.05, 0) is 41.9 Å². The quantitative estimate of drug-likeness (QED) is 0.875. The van der Waals surface area contributed by atoms with Crippen molar-refractivity contribution in [2.75, 3.05) is 14.2 Å². The molecule has 0 saturated carbocycles. The second-order valence-corrected chi connectivity index (χ2v) is 4.70. The minimum atomic E-state index is 0.292. The van der Waals surface area contributed by atoms with Gasteiger partial charge in [-0.15, -0.1) is 0 Å². The van der Waals surface area contributed by atoms with Crippen LogP contribution in [-0.2, 0) is 6.42 Å². The van der Waals surface area contributed by atoms with Gasteiger partial charge in [-0.2, -0.15) is 11.3 Å². The zero-order chi connectivity index (χ0) is 12.1. The Balaban J connectivity index is 2.22. The Morgan fingerprint density at radius 3 is 2.76 bits per heavy atom. The summed E-state index contributed by atoms with van der Waals surface area (Å²) in [6.45, 7) is 0. The Labute approximate surface area is 106 Å². The van der Waals surface area contributed by atoms with Gasteiger partial charge in [-0.1, -0.05) is 18.2 Å². The third kappa shape index (κ3) is 2.87. The summed E-state index contributed by atoms with van der Waals surface area (Å²) in [4.78, 5) is 0. The van der Waals surface area contributed by atoms with Crippen molar-refractivity contribution in [2.24, 2.45) is 0 Å². The van der Waals surface area contributed by atoms with E-state index in [2.05, 4.69) is 34.3 Å². The van der Waals surface area contributed by atoms with E-state index in [9.17, 15) is 0 Å². The smallest absolute Gasteiger partial charge is 0.123 e. The van der Waals surface area contributed by atoms with Gasteiger partial charge in [-0.3, -0.25) is 0 Å². The molecular formula is C14H17NOS. The van der Waals surface area contributed by atoms with Crippen molar-refractivity contribution in [3.63, 3.8) is 0 Å². The van der Waals surface area contributed by atoms with E-state index in [1.807, 2.05) is 19.2 Å². The molecule has 1 aromatic heterocycles. The van der Waals surface area contributed by atoms with Crippen molar-refractivity contribution in [2.45, 2.75) is 12.5 Å². The summed E-state index contributed by atoms with van der Waals surface area (Å²) in [5.74, 6) is 0.946. The highest BCUT2D eigenvalue weighted by atomic mass is 32.1. The monoisotopic (exact) mass is 247 g/mol. The number of hydrogen-bond donors (Lipinski definition) is 1. The van der Waals surface area contributed by atoms with Crippen molar-refractivity contribution in [3.05, 3.63) is 52.2 Å². The highest BCUT2D eigenvalue weighted by molar-refractivity contribution is 7.07. The molecule has 17 heavy (non-hydrogen) atoms. The molecule has 0 aliphatic heterocycles. The summed E-state index contributed by atoms with van der Waals surface area (Å²) < 4.78 is 5.41. The van der Waals surface area contributed by atoms with Crippen LogP contribution < -0.4 is 10.1 Å². The molecule has 0 bridgehead atoms. The lowest BCUT2D eigenvalue weighted by Gasteiger charge is -2.18. The third-order valence-electron chi connectivity index (χ3n) is 2.88. The van der Waals surface area contributed by atoms with E-state index in [1.165, 1.54) is 11.1 Å². The summed E-state index contributed by atoms with van der Waals surface area (Å²) >= 11 is 1.74. The third-order valence-corrected chi connectivity index (χ3v) is 3.61. The summed E-state index contributed by atoms with van der Waals surface area (Å²) in [6, 6.07) is 10.6. The number of hydrogen-bond acceptors (Lipinski definition) is 3. The highest BCUT2D eigenvalue weighted by Gasteiger charge is 2.14. The lowest BCUT2D eigenvalue weighted by molar-refractivity contribution is 0.401. The number of ether oxygens (including phenoxy) is 1. The van der Waals surface area contributed by atoms with Crippen LogP contribution in [0.3, 0.4) is 0 Å². The van der Waals surface area contributed by atoms with Crippen molar-refractivity contribution in [1.82, 2.24) is 5.32 Å². The van der Waals surface area contributed by atoms with E-state index in [0.717, 1.165) is 12.2 Å². The molecule has 1 unspecified atom stereocenters. The molecule has 0 radical (unpaired) electrons. The Morgan fingerprint density at radius 1 is 1.29 bits per heavy atom. The molecule has 0 saturated heterocycles. The van der Waals surface area contributed by atoms with Gasteiger partial charge in [-0.25, -0.2) is 0 Å². The summed E-state index contributed by atoms with van der Waals surface area (Å²) in [6.07, 6.45) is 0.986. The maximum Gasteiger partial charge on any atom is 0.123 e. The number of nitrogens with one attached hydrogen (secondary N) is 1. The van der Waals surface area contributed by atoms with E-state index in [1.54, 1.807) is 18.4 Å². The molecule has 2 aromatic rings. The molecule has 0 spiro atoms. The number of likely N-dealkylation sites (N-methyl/N-ethyl adjacent to an activating group) is 1. The van der Waals surface area contributed by atoms with Crippen LogP contribution in [-0.4, -0.2) is 14.2 Å². The van der Waals surface area contributed by atoms with E-state index in [4.69, 9.17) is 4.74 Å². The van der Waals surface area contributed by atoms with Crippen molar-refractivity contribution >= 4 is 11.3 Å². The molecule has 2 rings (SSSR count). The molecule has 1 aromatic carbocycles. The van der Waals surface area contributed by atoms with Crippen molar-refractivity contribution in [1.29, 1.82) is 0 Å². The second kappa shape index (κ2) is 5.84. The zero-order valence-electron chi connectivity index (χ0n) is 10.1. The van der Waals surface area contributed by atoms with E-state index in [0.29, 0.717) is 6.04 Å². The Morgan fingerprint density at radius 2 is 2.12 bits per heavy atom. The lowest BCUT2D eigenvalue weighted by Crippen LogP contribution is -2.19. The Hall–Kier alpha value is -1.32. The van der Waals surface area contributed by atoms with Gasteiger partial charge in [0.2, 0.25) is 0 Å². The first-order chi connectivity index (χ1) is 8.35. The number of thiophene rings is 1. The van der Waals surface area contributed by atoms with Crippen LogP contribution in [0.5, 0.6) is 5.75 Å². The summed E-state index contributed by atoms with van der Waals surface area (Å²) in [5, 5.41) is 7.67.